The molecule has 0 radical (unpaired) electrons. The van der Waals surface area contributed by atoms with Crippen LogP contribution in [0, 0.1) is 0 Å². The minimum Gasteiger partial charge on any atom is -0.456 e. The minimum atomic E-state index is 0.847. The van der Waals surface area contributed by atoms with Crippen LogP contribution in [0.4, 0.5) is 17.1 Å². The molecular formula is C48H29NO2. The molecule has 3 nitrogen and oxygen atoms in total. The second-order valence-electron chi connectivity index (χ2n) is 13.2. The fourth-order valence-electron chi connectivity index (χ4n) is 8.26. The van der Waals surface area contributed by atoms with Crippen LogP contribution in [0.2, 0.25) is 0 Å². The van der Waals surface area contributed by atoms with E-state index in [4.69, 9.17) is 8.83 Å². The summed E-state index contributed by atoms with van der Waals surface area (Å²) >= 11 is 0. The number of nitrogens with zero attached hydrogens (tertiary/aromatic N) is 1. The Hall–Kier alpha value is -6.84. The number of hydrogen-bond donors (Lipinski definition) is 0. The van der Waals surface area contributed by atoms with Crippen LogP contribution in [-0.4, -0.2) is 0 Å². The maximum absolute atomic E-state index is 6.54. The van der Waals surface area contributed by atoms with Crippen LogP contribution >= 0.6 is 0 Å². The molecule has 2 aromatic heterocycles. The van der Waals surface area contributed by atoms with E-state index in [9.17, 15) is 0 Å². The first-order valence-corrected chi connectivity index (χ1v) is 17.4. The van der Waals surface area contributed by atoms with Crippen molar-refractivity contribution in [3.05, 3.63) is 176 Å². The van der Waals surface area contributed by atoms with Gasteiger partial charge in [0.25, 0.3) is 0 Å². The number of hydrogen-bond acceptors (Lipinski definition) is 3. The summed E-state index contributed by atoms with van der Waals surface area (Å²) in [4.78, 5) is 2.45. The molecule has 0 saturated heterocycles. The smallest absolute Gasteiger partial charge is 0.137 e. The van der Waals surface area contributed by atoms with Gasteiger partial charge in [-0.05, 0) is 68.9 Å². The summed E-state index contributed by atoms with van der Waals surface area (Å²) in [6.45, 7) is 0. The molecule has 9 aromatic carbocycles. The summed E-state index contributed by atoms with van der Waals surface area (Å²) in [6, 6.07) is 62.7. The van der Waals surface area contributed by atoms with Crippen molar-refractivity contribution in [3.63, 3.8) is 0 Å². The highest BCUT2D eigenvalue weighted by molar-refractivity contribution is 6.26. The van der Waals surface area contributed by atoms with Gasteiger partial charge in [-0.25, -0.2) is 0 Å². The quantitative estimate of drug-likeness (QED) is 0.177. The zero-order valence-electron chi connectivity index (χ0n) is 27.5. The molecule has 0 saturated carbocycles. The normalized spacial score (nSPS) is 11.9. The van der Waals surface area contributed by atoms with Crippen molar-refractivity contribution in [1.82, 2.24) is 0 Å². The lowest BCUT2D eigenvalue weighted by Gasteiger charge is -2.31. The van der Waals surface area contributed by atoms with E-state index in [-0.39, 0.29) is 0 Å². The van der Waals surface area contributed by atoms with E-state index in [1.165, 1.54) is 38.1 Å². The van der Waals surface area contributed by atoms with Crippen LogP contribution in [0.1, 0.15) is 0 Å². The molecule has 3 heteroatoms. The zero-order valence-corrected chi connectivity index (χ0v) is 27.5. The standard InChI is InChI=1S/C48H29NO2/c1-2-15-32-30(13-1)14-11-22-37(32)46-38-19-5-3-16-33(38)34-17-4-6-20-39(34)48(46)49(31-27-28-36-35-18-7-9-24-42(35)51-45(36)29-31)41-23-12-26-44-47(41)40-21-8-10-25-43(40)50-44/h1-29H. The van der Waals surface area contributed by atoms with Gasteiger partial charge < -0.3 is 13.7 Å². The summed E-state index contributed by atoms with van der Waals surface area (Å²) in [6.07, 6.45) is 0. The van der Waals surface area contributed by atoms with E-state index in [0.29, 0.717) is 0 Å². The largest absolute Gasteiger partial charge is 0.456 e. The van der Waals surface area contributed by atoms with E-state index in [2.05, 4.69) is 163 Å². The highest BCUT2D eigenvalue weighted by Crippen LogP contribution is 2.53. The lowest BCUT2D eigenvalue weighted by atomic mass is 9.88. The van der Waals surface area contributed by atoms with Gasteiger partial charge in [0.2, 0.25) is 0 Å². The molecule has 0 N–H and O–H groups in total. The van der Waals surface area contributed by atoms with E-state index < -0.39 is 0 Å². The maximum Gasteiger partial charge on any atom is 0.137 e. The second kappa shape index (κ2) is 10.8. The fraction of sp³-hybridized carbons (Fsp3) is 0. The van der Waals surface area contributed by atoms with E-state index >= 15 is 0 Å². The van der Waals surface area contributed by atoms with Gasteiger partial charge in [0.1, 0.15) is 22.3 Å². The first-order chi connectivity index (χ1) is 25.3. The third-order valence-corrected chi connectivity index (χ3v) is 10.4. The van der Waals surface area contributed by atoms with Crippen molar-refractivity contribution in [2.24, 2.45) is 0 Å². The SMILES string of the molecule is c1ccc2c(-c3c(N(c4ccc5c(c4)oc4ccccc45)c4cccc5oc6ccccc6c45)c4ccccc4c4ccccc34)cccc2c1. The van der Waals surface area contributed by atoms with Crippen LogP contribution in [0.25, 0.3) is 87.3 Å². The molecule has 0 fully saturated rings. The van der Waals surface area contributed by atoms with Gasteiger partial charge in [-0.3, -0.25) is 0 Å². The molecule has 0 aliphatic heterocycles. The summed E-state index contributed by atoms with van der Waals surface area (Å²) in [5.74, 6) is 0. The third-order valence-electron chi connectivity index (χ3n) is 10.4. The monoisotopic (exact) mass is 651 g/mol. The number of benzene rings is 9. The van der Waals surface area contributed by atoms with Crippen molar-refractivity contribution < 1.29 is 8.83 Å². The molecule has 0 spiro atoms. The molecule has 238 valence electrons. The number of anilines is 3. The Bertz CT molecular complexity index is 3160. The minimum absolute atomic E-state index is 0.847. The first-order valence-electron chi connectivity index (χ1n) is 17.4. The highest BCUT2D eigenvalue weighted by Gasteiger charge is 2.27. The van der Waals surface area contributed by atoms with Crippen LogP contribution in [0.3, 0.4) is 0 Å². The summed E-state index contributed by atoms with van der Waals surface area (Å²) in [5.41, 5.74) is 8.95. The summed E-state index contributed by atoms with van der Waals surface area (Å²) in [7, 11) is 0. The number of para-hydroxylation sites is 2. The van der Waals surface area contributed by atoms with Crippen LogP contribution in [-0.2, 0) is 0 Å². The van der Waals surface area contributed by atoms with Crippen LogP contribution < -0.4 is 4.90 Å². The Labute approximate surface area is 293 Å². The molecule has 0 bridgehead atoms. The van der Waals surface area contributed by atoms with Gasteiger partial charge in [0.05, 0.1) is 16.8 Å². The molecule has 51 heavy (non-hydrogen) atoms. The Morgan fingerprint density at radius 2 is 0.902 bits per heavy atom. The van der Waals surface area contributed by atoms with Crippen molar-refractivity contribution in [2.75, 3.05) is 4.90 Å². The summed E-state index contributed by atoms with van der Waals surface area (Å²) < 4.78 is 13.1. The van der Waals surface area contributed by atoms with Crippen molar-refractivity contribution in [3.8, 4) is 11.1 Å². The van der Waals surface area contributed by atoms with Crippen molar-refractivity contribution >= 4 is 93.3 Å². The molecule has 0 unspecified atom stereocenters. The van der Waals surface area contributed by atoms with Gasteiger partial charge in [-0.15, -0.1) is 0 Å². The summed E-state index contributed by atoms with van der Waals surface area (Å²) in [5, 5.41) is 11.5. The molecule has 0 aliphatic rings. The van der Waals surface area contributed by atoms with Crippen molar-refractivity contribution in [1.29, 1.82) is 0 Å². The fourth-order valence-corrected chi connectivity index (χ4v) is 8.26. The Morgan fingerprint density at radius 1 is 0.353 bits per heavy atom. The van der Waals surface area contributed by atoms with Crippen LogP contribution in [0.5, 0.6) is 0 Å². The predicted octanol–water partition coefficient (Wildman–Crippen LogP) is 14.1. The molecule has 0 aliphatic carbocycles. The van der Waals surface area contributed by atoms with Gasteiger partial charge in [0.15, 0.2) is 0 Å². The molecule has 0 amide bonds. The molecular weight excluding hydrogens is 623 g/mol. The van der Waals surface area contributed by atoms with Crippen LogP contribution in [0.15, 0.2) is 185 Å². The van der Waals surface area contributed by atoms with Gasteiger partial charge in [-0.1, -0.05) is 133 Å². The topological polar surface area (TPSA) is 29.5 Å². The van der Waals surface area contributed by atoms with E-state index in [1.807, 2.05) is 18.2 Å². The van der Waals surface area contributed by atoms with Gasteiger partial charge in [0, 0.05) is 38.9 Å². The molecule has 11 rings (SSSR count). The zero-order chi connectivity index (χ0) is 33.5. The highest BCUT2D eigenvalue weighted by atomic mass is 16.3. The van der Waals surface area contributed by atoms with E-state index in [1.54, 1.807) is 0 Å². The predicted molar refractivity (Wildman–Crippen MR) is 214 cm³/mol. The Balaban J connectivity index is 1.35. The third kappa shape index (κ3) is 4.12. The second-order valence-corrected chi connectivity index (χ2v) is 13.2. The molecule has 0 atom stereocenters. The lowest BCUT2D eigenvalue weighted by Crippen LogP contribution is -2.13. The molecule has 2 heterocycles. The number of rotatable bonds is 4. The van der Waals surface area contributed by atoms with Gasteiger partial charge in [-0.2, -0.15) is 0 Å². The molecule has 11 aromatic rings. The number of furan rings is 2. The lowest BCUT2D eigenvalue weighted by molar-refractivity contribution is 0.669. The van der Waals surface area contributed by atoms with Gasteiger partial charge >= 0.3 is 0 Å². The van der Waals surface area contributed by atoms with E-state index in [0.717, 1.165) is 66.3 Å². The Kier molecular flexibility index (Phi) is 5.96. The average Bonchev–Trinajstić information content (AvgIpc) is 3.76. The Morgan fingerprint density at radius 3 is 1.73 bits per heavy atom. The average molecular weight is 652 g/mol. The first kappa shape index (κ1) is 28.0. The maximum atomic E-state index is 6.54. The van der Waals surface area contributed by atoms with Crippen molar-refractivity contribution in [2.45, 2.75) is 0 Å². The number of fused-ring (bicyclic) bond motifs is 10.